The van der Waals surface area contributed by atoms with E-state index in [1.54, 1.807) is 19.4 Å². The van der Waals surface area contributed by atoms with E-state index in [2.05, 4.69) is 17.2 Å². The third kappa shape index (κ3) is 9.11. The van der Waals surface area contributed by atoms with Gasteiger partial charge in [0.05, 0.1) is 7.11 Å². The standard InChI is InChI=1S/C21H29ClN2O3.ClH/c1-3-4-11-26-12-5-10-23-14-17-6-8-19(20(13-17)25-2)27-16-18-7-9-21(22)24-15-18;/h6-9,13,15,23H,3-5,10-12,14,16H2,1-2H3;1H. The van der Waals surface area contributed by atoms with Crippen LogP contribution in [0.1, 0.15) is 37.3 Å². The van der Waals surface area contributed by atoms with E-state index in [-0.39, 0.29) is 12.4 Å². The summed E-state index contributed by atoms with van der Waals surface area (Å²) in [4.78, 5) is 4.05. The van der Waals surface area contributed by atoms with Gasteiger partial charge in [0, 0.05) is 31.5 Å². The number of benzene rings is 1. The van der Waals surface area contributed by atoms with Crippen molar-refractivity contribution in [2.45, 2.75) is 39.3 Å². The van der Waals surface area contributed by atoms with Gasteiger partial charge in [0.25, 0.3) is 0 Å². The average molecular weight is 429 g/mol. The fourth-order valence-electron chi connectivity index (χ4n) is 2.47. The van der Waals surface area contributed by atoms with E-state index < -0.39 is 0 Å². The van der Waals surface area contributed by atoms with Crippen molar-refractivity contribution < 1.29 is 14.2 Å². The molecule has 0 aliphatic rings. The van der Waals surface area contributed by atoms with Crippen LogP contribution in [0, 0.1) is 0 Å². The lowest BCUT2D eigenvalue weighted by Gasteiger charge is -2.13. The zero-order valence-corrected chi connectivity index (χ0v) is 18.2. The number of halogens is 2. The molecule has 1 aromatic heterocycles. The van der Waals surface area contributed by atoms with Gasteiger partial charge in [0.15, 0.2) is 11.5 Å². The van der Waals surface area contributed by atoms with Crippen molar-refractivity contribution in [3.05, 3.63) is 52.8 Å². The van der Waals surface area contributed by atoms with Crippen molar-refractivity contribution in [1.82, 2.24) is 10.3 Å². The summed E-state index contributed by atoms with van der Waals surface area (Å²) in [6, 6.07) is 9.63. The van der Waals surface area contributed by atoms with E-state index in [4.69, 9.17) is 25.8 Å². The lowest BCUT2D eigenvalue weighted by molar-refractivity contribution is 0.129. The monoisotopic (exact) mass is 428 g/mol. The zero-order valence-electron chi connectivity index (χ0n) is 16.6. The first-order chi connectivity index (χ1) is 13.2. The molecule has 7 heteroatoms. The predicted octanol–water partition coefficient (Wildman–Crippen LogP) is 5.04. The van der Waals surface area contributed by atoms with E-state index in [0.717, 1.165) is 56.0 Å². The minimum Gasteiger partial charge on any atom is -0.493 e. The van der Waals surface area contributed by atoms with Gasteiger partial charge in [-0.2, -0.15) is 0 Å². The summed E-state index contributed by atoms with van der Waals surface area (Å²) in [5, 5.41) is 3.90. The molecule has 28 heavy (non-hydrogen) atoms. The van der Waals surface area contributed by atoms with E-state index in [0.29, 0.717) is 17.5 Å². The molecule has 5 nitrogen and oxygen atoms in total. The number of hydrogen-bond acceptors (Lipinski definition) is 5. The SMILES string of the molecule is CCCCOCCCNCc1ccc(OCc2ccc(Cl)nc2)c(OC)c1.Cl. The molecule has 0 spiro atoms. The van der Waals surface area contributed by atoms with Crippen molar-refractivity contribution in [1.29, 1.82) is 0 Å². The van der Waals surface area contributed by atoms with Crippen molar-refractivity contribution in [2.24, 2.45) is 0 Å². The highest BCUT2D eigenvalue weighted by Gasteiger charge is 2.06. The fourth-order valence-corrected chi connectivity index (χ4v) is 2.59. The maximum absolute atomic E-state index is 5.85. The third-order valence-electron chi connectivity index (χ3n) is 4.02. The van der Waals surface area contributed by atoms with E-state index in [1.807, 2.05) is 24.3 Å². The van der Waals surface area contributed by atoms with Gasteiger partial charge in [-0.15, -0.1) is 12.4 Å². The van der Waals surface area contributed by atoms with Crippen molar-refractivity contribution >= 4 is 24.0 Å². The largest absolute Gasteiger partial charge is 0.493 e. The van der Waals surface area contributed by atoms with Gasteiger partial charge in [-0.05, 0) is 43.1 Å². The fraction of sp³-hybridized carbons (Fsp3) is 0.476. The molecule has 1 N–H and O–H groups in total. The predicted molar refractivity (Wildman–Crippen MR) is 116 cm³/mol. The quantitative estimate of drug-likeness (QED) is 0.357. The minimum absolute atomic E-state index is 0. The Kier molecular flexibility index (Phi) is 12.7. The molecule has 0 radical (unpaired) electrons. The van der Waals surface area contributed by atoms with Gasteiger partial charge >= 0.3 is 0 Å². The maximum atomic E-state index is 5.85. The highest BCUT2D eigenvalue weighted by Crippen LogP contribution is 2.28. The molecule has 0 amide bonds. The summed E-state index contributed by atoms with van der Waals surface area (Å²) in [7, 11) is 1.65. The summed E-state index contributed by atoms with van der Waals surface area (Å²) in [5.41, 5.74) is 2.10. The summed E-state index contributed by atoms with van der Waals surface area (Å²) >= 11 is 5.80. The van der Waals surface area contributed by atoms with Gasteiger partial charge in [0.1, 0.15) is 11.8 Å². The van der Waals surface area contributed by atoms with Crippen molar-refractivity contribution in [3.8, 4) is 11.5 Å². The number of pyridine rings is 1. The molecule has 0 saturated carbocycles. The maximum Gasteiger partial charge on any atom is 0.161 e. The number of aromatic nitrogens is 1. The topological polar surface area (TPSA) is 52.6 Å². The molecule has 0 bridgehead atoms. The Labute approximate surface area is 179 Å². The number of ether oxygens (including phenoxy) is 3. The smallest absolute Gasteiger partial charge is 0.161 e. The van der Waals surface area contributed by atoms with Gasteiger partial charge in [-0.1, -0.05) is 37.1 Å². The molecule has 156 valence electrons. The first-order valence-corrected chi connectivity index (χ1v) is 9.79. The Bertz CT molecular complexity index is 669. The molecule has 1 heterocycles. The Morgan fingerprint density at radius 1 is 1.04 bits per heavy atom. The van der Waals surface area contributed by atoms with Crippen molar-refractivity contribution in [2.75, 3.05) is 26.9 Å². The van der Waals surface area contributed by atoms with Crippen LogP contribution in [0.4, 0.5) is 0 Å². The van der Waals surface area contributed by atoms with E-state index in [1.165, 1.54) is 6.42 Å². The van der Waals surface area contributed by atoms with E-state index in [9.17, 15) is 0 Å². The van der Waals surface area contributed by atoms with Crippen molar-refractivity contribution in [3.63, 3.8) is 0 Å². The Hall–Kier alpha value is -1.53. The lowest BCUT2D eigenvalue weighted by Crippen LogP contribution is -2.16. The average Bonchev–Trinajstić information content (AvgIpc) is 2.70. The second-order valence-corrected chi connectivity index (χ2v) is 6.65. The summed E-state index contributed by atoms with van der Waals surface area (Å²) in [5.74, 6) is 1.43. The van der Waals surface area contributed by atoms with Crippen LogP contribution in [0.25, 0.3) is 0 Å². The van der Waals surface area contributed by atoms with E-state index >= 15 is 0 Å². The van der Waals surface area contributed by atoms with Crippen LogP contribution in [0.3, 0.4) is 0 Å². The Balaban J connectivity index is 0.00000392. The second-order valence-electron chi connectivity index (χ2n) is 6.26. The number of nitrogens with zero attached hydrogens (tertiary/aromatic N) is 1. The Morgan fingerprint density at radius 3 is 2.54 bits per heavy atom. The Morgan fingerprint density at radius 2 is 1.82 bits per heavy atom. The molecular weight excluding hydrogens is 399 g/mol. The minimum atomic E-state index is 0. The summed E-state index contributed by atoms with van der Waals surface area (Å²) in [6.45, 7) is 5.97. The highest BCUT2D eigenvalue weighted by molar-refractivity contribution is 6.29. The van der Waals surface area contributed by atoms with Crippen LogP contribution >= 0.6 is 24.0 Å². The first-order valence-electron chi connectivity index (χ1n) is 9.41. The molecule has 0 saturated heterocycles. The van der Waals surface area contributed by atoms with Crippen LogP contribution in [-0.2, 0) is 17.9 Å². The normalized spacial score (nSPS) is 10.4. The van der Waals surface area contributed by atoms with Crippen LogP contribution in [0.15, 0.2) is 36.5 Å². The number of rotatable bonds is 13. The molecule has 0 fully saturated rings. The number of unbranched alkanes of at least 4 members (excludes halogenated alkanes) is 1. The molecule has 0 atom stereocenters. The highest BCUT2D eigenvalue weighted by atomic mass is 35.5. The van der Waals surface area contributed by atoms with Crippen LogP contribution in [0.2, 0.25) is 5.15 Å². The van der Waals surface area contributed by atoms with Crippen LogP contribution in [0.5, 0.6) is 11.5 Å². The van der Waals surface area contributed by atoms with Gasteiger partial charge in [0.2, 0.25) is 0 Å². The van der Waals surface area contributed by atoms with Gasteiger partial charge < -0.3 is 19.5 Å². The number of hydrogen-bond donors (Lipinski definition) is 1. The molecule has 0 unspecified atom stereocenters. The molecule has 2 aromatic rings. The molecule has 1 aromatic carbocycles. The molecule has 0 aliphatic carbocycles. The lowest BCUT2D eigenvalue weighted by atomic mass is 10.2. The number of methoxy groups -OCH3 is 1. The van der Waals surface area contributed by atoms with Crippen LogP contribution < -0.4 is 14.8 Å². The number of nitrogens with one attached hydrogen (secondary N) is 1. The summed E-state index contributed by atoms with van der Waals surface area (Å²) < 4.78 is 16.9. The van der Waals surface area contributed by atoms with Gasteiger partial charge in [-0.25, -0.2) is 4.98 Å². The zero-order chi connectivity index (χ0) is 19.3. The molecule has 0 aliphatic heterocycles. The van der Waals surface area contributed by atoms with Gasteiger partial charge in [-0.3, -0.25) is 0 Å². The molecule has 2 rings (SSSR count). The van der Waals surface area contributed by atoms with Crippen LogP contribution in [-0.4, -0.2) is 31.9 Å². The molecular formula is C21H30Cl2N2O3. The second kappa shape index (κ2) is 14.5. The third-order valence-corrected chi connectivity index (χ3v) is 4.25. The summed E-state index contributed by atoms with van der Waals surface area (Å²) in [6.07, 6.45) is 5.03. The first kappa shape index (κ1) is 24.5.